The van der Waals surface area contributed by atoms with Gasteiger partial charge in [-0.2, -0.15) is 9.83 Å². The Bertz CT molecular complexity index is 1440. The van der Waals surface area contributed by atoms with Crippen molar-refractivity contribution < 1.29 is 14.5 Å². The number of fused-ring (bicyclic) bond motifs is 3. The molecule has 0 aliphatic carbocycles. The molecule has 0 saturated carbocycles. The number of benzene rings is 2. The highest BCUT2D eigenvalue weighted by atomic mass is 16.3. The van der Waals surface area contributed by atoms with Gasteiger partial charge in [0.05, 0.1) is 13.9 Å². The maximum Gasteiger partial charge on any atom is 0.213 e. The van der Waals surface area contributed by atoms with E-state index < -0.39 is 6.37 Å². The van der Waals surface area contributed by atoms with Crippen LogP contribution in [0.1, 0.15) is 41.7 Å². The van der Waals surface area contributed by atoms with Gasteiger partial charge in [0.1, 0.15) is 18.7 Å². The van der Waals surface area contributed by atoms with Crippen molar-refractivity contribution in [3.63, 3.8) is 0 Å². The molecule has 2 aromatic carbocycles. The number of rotatable bonds is 3. The summed E-state index contributed by atoms with van der Waals surface area (Å²) in [5, 5.41) is 11.2. The number of aromatic nitrogens is 1. The van der Waals surface area contributed by atoms with E-state index in [4.69, 9.17) is 9.90 Å². The van der Waals surface area contributed by atoms with Gasteiger partial charge in [0.15, 0.2) is 11.3 Å². The Balaban J connectivity index is 2.09. The second-order valence-electron chi connectivity index (χ2n) is 7.48. The van der Waals surface area contributed by atoms with Gasteiger partial charge in [-0.05, 0) is 48.5 Å². The van der Waals surface area contributed by atoms with Crippen LogP contribution >= 0.6 is 0 Å². The molecular weight excluding hydrogens is 344 g/mol. The van der Waals surface area contributed by atoms with Crippen molar-refractivity contribution in [1.29, 1.82) is 5.26 Å². The summed E-state index contributed by atoms with van der Waals surface area (Å²) in [6.07, 6.45) is -1.82. The summed E-state index contributed by atoms with van der Waals surface area (Å²) < 4.78 is 42.5. The molecule has 4 aromatic rings. The maximum absolute atomic E-state index is 9.44. The third-order valence-electron chi connectivity index (χ3n) is 5.04. The molecule has 3 heteroatoms. The number of furan rings is 1. The van der Waals surface area contributed by atoms with E-state index in [0.29, 0.717) is 28.1 Å². The Kier molecular flexibility index (Phi) is 3.39. The largest absolute Gasteiger partial charge is 0.455 e. The molecule has 0 saturated heterocycles. The molecule has 2 aromatic heterocycles. The molecule has 0 fully saturated rings. The van der Waals surface area contributed by atoms with Crippen LogP contribution in [0.4, 0.5) is 0 Å². The normalized spacial score (nSPS) is 14.0. The average Bonchev–Trinajstić information content (AvgIpc) is 3.09. The summed E-state index contributed by atoms with van der Waals surface area (Å²) in [7, 11) is 1.80. The zero-order chi connectivity index (χ0) is 23.5. The Labute approximate surface area is 171 Å². The Hall–Kier alpha value is -3.12. The Morgan fingerprint density at radius 1 is 1.21 bits per heavy atom. The SMILES string of the molecule is [2H]c1c(C([2H])([2H])C(C)C)c([2H])c(-c2cc3oc4c(C#N)cccc4c3cc2C)[n+](C)c1C. The second-order valence-corrected chi connectivity index (χ2v) is 7.48. The van der Waals surface area contributed by atoms with Gasteiger partial charge in [0.25, 0.3) is 0 Å². The standard InChI is InChI=1S/C25H25N2O/c1-15(2)9-18-11-17(4)27(5)23(12-18)21-13-24-22(10-16(21)3)20-8-6-7-19(14-26)25(20)28-24/h6-8,10-13,15H,9H2,1-5H3/q+1/i9D2,11D,12D. The van der Waals surface area contributed by atoms with Crippen molar-refractivity contribution in [2.75, 3.05) is 0 Å². The van der Waals surface area contributed by atoms with Crippen molar-refractivity contribution >= 4 is 21.9 Å². The smallest absolute Gasteiger partial charge is 0.213 e. The molecule has 0 aliphatic heterocycles. The summed E-state index contributed by atoms with van der Waals surface area (Å²) in [6.45, 7) is 7.25. The number of nitriles is 1. The van der Waals surface area contributed by atoms with Crippen molar-refractivity contribution in [3.8, 4) is 17.3 Å². The highest BCUT2D eigenvalue weighted by Gasteiger charge is 2.20. The van der Waals surface area contributed by atoms with E-state index in [0.717, 1.165) is 21.9 Å². The van der Waals surface area contributed by atoms with Crippen LogP contribution < -0.4 is 4.57 Å². The number of para-hydroxylation sites is 1. The van der Waals surface area contributed by atoms with Gasteiger partial charge in [-0.25, -0.2) is 0 Å². The first-order valence-corrected chi connectivity index (χ1v) is 9.37. The van der Waals surface area contributed by atoms with Crippen LogP contribution in [-0.4, -0.2) is 0 Å². The lowest BCUT2D eigenvalue weighted by atomic mass is 9.97. The second kappa shape index (κ2) is 6.80. The number of hydrogen-bond donors (Lipinski definition) is 0. The summed E-state index contributed by atoms with van der Waals surface area (Å²) in [6, 6.07) is 11.6. The van der Waals surface area contributed by atoms with E-state index >= 15 is 0 Å². The van der Waals surface area contributed by atoms with Crippen molar-refractivity contribution in [2.45, 2.75) is 34.1 Å². The highest BCUT2D eigenvalue weighted by molar-refractivity contribution is 6.07. The molecule has 0 atom stereocenters. The molecule has 0 amide bonds. The predicted molar refractivity (Wildman–Crippen MR) is 113 cm³/mol. The van der Waals surface area contributed by atoms with E-state index in [1.807, 2.05) is 31.2 Å². The van der Waals surface area contributed by atoms with Gasteiger partial charge in [0.2, 0.25) is 5.69 Å². The molecule has 2 heterocycles. The molecule has 140 valence electrons. The maximum atomic E-state index is 9.44. The lowest BCUT2D eigenvalue weighted by molar-refractivity contribution is -0.666. The van der Waals surface area contributed by atoms with Gasteiger partial charge in [-0.15, -0.1) is 0 Å². The van der Waals surface area contributed by atoms with Gasteiger partial charge in [-0.1, -0.05) is 26.0 Å². The van der Waals surface area contributed by atoms with E-state index in [1.54, 1.807) is 38.5 Å². The molecule has 0 bridgehead atoms. The summed E-state index contributed by atoms with van der Waals surface area (Å²) in [4.78, 5) is 0. The first-order valence-electron chi connectivity index (χ1n) is 11.4. The minimum Gasteiger partial charge on any atom is -0.455 e. The summed E-state index contributed by atoms with van der Waals surface area (Å²) >= 11 is 0. The molecule has 28 heavy (non-hydrogen) atoms. The molecular formula is C25H25N2O+. The van der Waals surface area contributed by atoms with Crippen LogP contribution in [0.25, 0.3) is 33.2 Å². The zero-order valence-corrected chi connectivity index (χ0v) is 16.8. The van der Waals surface area contributed by atoms with Gasteiger partial charge >= 0.3 is 0 Å². The van der Waals surface area contributed by atoms with Crippen LogP contribution in [-0.2, 0) is 13.4 Å². The molecule has 4 rings (SSSR count). The van der Waals surface area contributed by atoms with Crippen LogP contribution in [0.15, 0.2) is 46.8 Å². The lowest BCUT2D eigenvalue weighted by Crippen LogP contribution is -2.35. The van der Waals surface area contributed by atoms with Crippen LogP contribution in [0, 0.1) is 31.1 Å². The lowest BCUT2D eigenvalue weighted by Gasteiger charge is -2.10. The quantitative estimate of drug-likeness (QED) is 0.428. The topological polar surface area (TPSA) is 40.8 Å². The Morgan fingerprint density at radius 3 is 2.71 bits per heavy atom. The number of hydrogen-bond acceptors (Lipinski definition) is 2. The highest BCUT2D eigenvalue weighted by Crippen LogP contribution is 2.35. The monoisotopic (exact) mass is 373 g/mol. The summed E-state index contributed by atoms with van der Waals surface area (Å²) in [5.74, 6) is -0.390. The van der Waals surface area contributed by atoms with Crippen molar-refractivity contribution in [2.24, 2.45) is 13.0 Å². The third kappa shape index (κ3) is 2.96. The van der Waals surface area contributed by atoms with E-state index in [-0.39, 0.29) is 23.6 Å². The van der Waals surface area contributed by atoms with Crippen molar-refractivity contribution in [3.05, 3.63) is 64.8 Å². The van der Waals surface area contributed by atoms with E-state index in [2.05, 4.69) is 6.07 Å². The predicted octanol–water partition coefficient (Wildman–Crippen LogP) is 5.76. The fourth-order valence-electron chi connectivity index (χ4n) is 3.57. The molecule has 3 nitrogen and oxygen atoms in total. The first-order chi connectivity index (χ1) is 15.0. The molecule has 0 spiro atoms. The van der Waals surface area contributed by atoms with E-state index in [9.17, 15) is 5.26 Å². The van der Waals surface area contributed by atoms with Crippen LogP contribution in [0.2, 0.25) is 0 Å². The Morgan fingerprint density at radius 2 is 2.00 bits per heavy atom. The zero-order valence-electron chi connectivity index (χ0n) is 20.8. The van der Waals surface area contributed by atoms with Crippen LogP contribution in [0.5, 0.6) is 0 Å². The molecule has 0 aliphatic rings. The minimum absolute atomic E-state index is 0.0121. The third-order valence-corrected chi connectivity index (χ3v) is 5.04. The summed E-state index contributed by atoms with van der Waals surface area (Å²) in [5.41, 5.74) is 4.48. The number of nitrogens with zero attached hydrogens (tertiary/aromatic N) is 2. The minimum atomic E-state index is -1.82. The molecule has 0 unspecified atom stereocenters. The first kappa shape index (κ1) is 14.0. The number of aryl methyl sites for hydroxylation is 1. The van der Waals surface area contributed by atoms with Crippen LogP contribution in [0.3, 0.4) is 0 Å². The van der Waals surface area contributed by atoms with Crippen molar-refractivity contribution in [1.82, 2.24) is 0 Å². The van der Waals surface area contributed by atoms with Gasteiger partial charge in [0, 0.05) is 32.5 Å². The number of pyridine rings is 1. The average molecular weight is 374 g/mol. The van der Waals surface area contributed by atoms with Gasteiger partial charge < -0.3 is 4.42 Å². The molecule has 0 N–H and O–H groups in total. The fraction of sp³-hybridized carbons (Fsp3) is 0.280. The van der Waals surface area contributed by atoms with Gasteiger partial charge in [-0.3, -0.25) is 0 Å². The fourth-order valence-corrected chi connectivity index (χ4v) is 3.57. The van der Waals surface area contributed by atoms with E-state index in [1.165, 1.54) is 0 Å². The molecule has 0 radical (unpaired) electrons.